The quantitative estimate of drug-likeness (QED) is 0.0936. The molecule has 228 valence electrons. The SMILES string of the molecule is CCC(Sc1cccc(NC(=O)/C(=C/c2ccsc2)NC(=O)c2ccccc2)c1)C(=O)Nc1nc(-c2ccccc2OC)cs1. The standard InChI is InChI=1S/C34H30N4O4S3/c1-3-30(33(41)38-34-37-28(21-44-34)26-14-7-8-15-29(26)42-2)45-25-13-9-12-24(19-25)35-32(40)27(18-22-16-17-43-20-22)36-31(39)23-10-5-4-6-11-23/h4-21,30H,3H2,1-2H3,(H,35,40)(H,36,39)(H,37,38,41)/b27-18-. The monoisotopic (exact) mass is 654 g/mol. The number of nitrogens with zero attached hydrogens (tertiary/aromatic N) is 1. The molecule has 0 saturated carbocycles. The molecule has 5 rings (SSSR count). The first-order valence-corrected chi connectivity index (χ1v) is 16.7. The van der Waals surface area contributed by atoms with E-state index in [0.29, 0.717) is 28.6 Å². The van der Waals surface area contributed by atoms with Crippen molar-refractivity contribution in [3.05, 3.63) is 118 Å². The largest absolute Gasteiger partial charge is 0.496 e. The van der Waals surface area contributed by atoms with Gasteiger partial charge in [-0.1, -0.05) is 43.3 Å². The van der Waals surface area contributed by atoms with E-state index < -0.39 is 11.2 Å². The smallest absolute Gasteiger partial charge is 0.272 e. The highest BCUT2D eigenvalue weighted by Gasteiger charge is 2.21. The van der Waals surface area contributed by atoms with Gasteiger partial charge in [-0.05, 0) is 77.4 Å². The van der Waals surface area contributed by atoms with E-state index in [4.69, 9.17) is 4.74 Å². The Morgan fingerprint density at radius 2 is 1.76 bits per heavy atom. The molecule has 45 heavy (non-hydrogen) atoms. The molecule has 0 spiro atoms. The number of thiazole rings is 1. The van der Waals surface area contributed by atoms with Crippen LogP contribution in [0.5, 0.6) is 5.75 Å². The van der Waals surface area contributed by atoms with E-state index in [1.54, 1.807) is 43.5 Å². The Balaban J connectivity index is 1.25. The fraction of sp³-hybridized carbons (Fsp3) is 0.118. The first kappa shape index (κ1) is 31.7. The number of benzene rings is 3. The van der Waals surface area contributed by atoms with Crippen LogP contribution < -0.4 is 20.7 Å². The molecular formula is C34H30N4O4S3. The minimum atomic E-state index is -0.466. The zero-order valence-corrected chi connectivity index (χ0v) is 26.9. The van der Waals surface area contributed by atoms with Crippen molar-refractivity contribution < 1.29 is 19.1 Å². The third-order valence-corrected chi connectivity index (χ3v) is 9.35. The predicted molar refractivity (Wildman–Crippen MR) is 184 cm³/mol. The zero-order chi connectivity index (χ0) is 31.6. The topological polar surface area (TPSA) is 109 Å². The number of carbonyl (C=O) groups is 3. The number of thioether (sulfide) groups is 1. The predicted octanol–water partition coefficient (Wildman–Crippen LogP) is 7.80. The van der Waals surface area contributed by atoms with Gasteiger partial charge >= 0.3 is 0 Å². The Morgan fingerprint density at radius 1 is 0.956 bits per heavy atom. The lowest BCUT2D eigenvalue weighted by Crippen LogP contribution is -2.30. The number of thiophene rings is 1. The molecule has 0 saturated heterocycles. The molecule has 0 fully saturated rings. The van der Waals surface area contributed by atoms with Crippen molar-refractivity contribution in [1.82, 2.24) is 10.3 Å². The van der Waals surface area contributed by atoms with Gasteiger partial charge in [0.15, 0.2) is 5.13 Å². The van der Waals surface area contributed by atoms with Gasteiger partial charge in [-0.2, -0.15) is 11.3 Å². The van der Waals surface area contributed by atoms with Crippen LogP contribution in [0.3, 0.4) is 0 Å². The van der Waals surface area contributed by atoms with E-state index in [1.165, 1.54) is 34.4 Å². The second-order valence-electron chi connectivity index (χ2n) is 9.66. The molecule has 0 aliphatic heterocycles. The number of para-hydroxylation sites is 1. The zero-order valence-electron chi connectivity index (χ0n) is 24.5. The Kier molecular flexibility index (Phi) is 10.8. The molecule has 0 bridgehead atoms. The summed E-state index contributed by atoms with van der Waals surface area (Å²) in [5.41, 5.74) is 3.47. The number of carbonyl (C=O) groups excluding carboxylic acids is 3. The van der Waals surface area contributed by atoms with Crippen molar-refractivity contribution >= 4 is 69.1 Å². The molecule has 5 aromatic rings. The van der Waals surface area contributed by atoms with Crippen molar-refractivity contribution in [1.29, 1.82) is 0 Å². The average molecular weight is 655 g/mol. The maximum absolute atomic E-state index is 13.4. The minimum absolute atomic E-state index is 0.113. The maximum atomic E-state index is 13.4. The number of aromatic nitrogens is 1. The Labute approximate surface area is 273 Å². The van der Waals surface area contributed by atoms with Crippen molar-refractivity contribution in [2.45, 2.75) is 23.5 Å². The first-order chi connectivity index (χ1) is 21.9. The first-order valence-electron chi connectivity index (χ1n) is 14.0. The highest BCUT2D eigenvalue weighted by molar-refractivity contribution is 8.00. The van der Waals surface area contributed by atoms with E-state index >= 15 is 0 Å². The molecule has 3 N–H and O–H groups in total. The highest BCUT2D eigenvalue weighted by Crippen LogP contribution is 2.33. The van der Waals surface area contributed by atoms with Crippen molar-refractivity contribution in [2.75, 3.05) is 17.7 Å². The lowest BCUT2D eigenvalue weighted by Gasteiger charge is -2.15. The number of rotatable bonds is 12. The van der Waals surface area contributed by atoms with Gasteiger partial charge in [0.2, 0.25) is 5.91 Å². The van der Waals surface area contributed by atoms with Crippen LogP contribution in [0, 0.1) is 0 Å². The number of amides is 3. The summed E-state index contributed by atoms with van der Waals surface area (Å²) >= 11 is 4.24. The second-order valence-corrected chi connectivity index (χ2v) is 12.6. The third kappa shape index (κ3) is 8.48. The van der Waals surface area contributed by atoms with E-state index in [9.17, 15) is 14.4 Å². The van der Waals surface area contributed by atoms with Crippen LogP contribution in [0.25, 0.3) is 17.3 Å². The summed E-state index contributed by atoms with van der Waals surface area (Å²) in [6.45, 7) is 1.95. The van der Waals surface area contributed by atoms with Gasteiger partial charge in [-0.15, -0.1) is 23.1 Å². The Morgan fingerprint density at radius 3 is 2.51 bits per heavy atom. The molecule has 0 radical (unpaired) electrons. The molecule has 0 aliphatic rings. The summed E-state index contributed by atoms with van der Waals surface area (Å²) in [5, 5.41) is 14.4. The summed E-state index contributed by atoms with van der Waals surface area (Å²) in [6.07, 6.45) is 2.22. The van der Waals surface area contributed by atoms with Crippen LogP contribution in [-0.2, 0) is 9.59 Å². The van der Waals surface area contributed by atoms with Crippen molar-refractivity contribution in [3.63, 3.8) is 0 Å². The highest BCUT2D eigenvalue weighted by atomic mass is 32.2. The number of nitrogens with one attached hydrogen (secondary N) is 3. The average Bonchev–Trinajstić information content (AvgIpc) is 3.76. The number of anilines is 2. The lowest BCUT2D eigenvalue weighted by atomic mass is 10.1. The van der Waals surface area contributed by atoms with Crippen LogP contribution in [0.4, 0.5) is 10.8 Å². The van der Waals surface area contributed by atoms with E-state index in [2.05, 4.69) is 20.9 Å². The van der Waals surface area contributed by atoms with Crippen LogP contribution in [0.2, 0.25) is 0 Å². The molecule has 3 amide bonds. The lowest BCUT2D eigenvalue weighted by molar-refractivity contribution is -0.116. The number of ether oxygens (including phenoxy) is 1. The van der Waals surface area contributed by atoms with Gasteiger partial charge < -0.3 is 20.7 Å². The van der Waals surface area contributed by atoms with Crippen LogP contribution >= 0.6 is 34.4 Å². The molecule has 2 aromatic heterocycles. The minimum Gasteiger partial charge on any atom is -0.496 e. The molecule has 3 aromatic carbocycles. The van der Waals surface area contributed by atoms with Crippen LogP contribution in [0.1, 0.15) is 29.3 Å². The number of methoxy groups -OCH3 is 1. The van der Waals surface area contributed by atoms with Gasteiger partial charge in [0.05, 0.1) is 18.1 Å². The summed E-state index contributed by atoms with van der Waals surface area (Å²) in [7, 11) is 1.61. The van der Waals surface area contributed by atoms with Gasteiger partial charge in [0.25, 0.3) is 11.8 Å². The van der Waals surface area contributed by atoms with E-state index in [0.717, 1.165) is 21.7 Å². The summed E-state index contributed by atoms with van der Waals surface area (Å²) in [4.78, 5) is 44.9. The van der Waals surface area contributed by atoms with Crippen molar-refractivity contribution in [2.24, 2.45) is 0 Å². The fourth-order valence-electron chi connectivity index (χ4n) is 4.30. The molecule has 0 aliphatic carbocycles. The number of hydrogen-bond acceptors (Lipinski definition) is 8. The maximum Gasteiger partial charge on any atom is 0.272 e. The van der Waals surface area contributed by atoms with Gasteiger partial charge in [-0.25, -0.2) is 4.98 Å². The number of hydrogen-bond donors (Lipinski definition) is 3. The molecular weight excluding hydrogens is 625 g/mol. The van der Waals surface area contributed by atoms with E-state index in [-0.39, 0.29) is 17.5 Å². The summed E-state index contributed by atoms with van der Waals surface area (Å²) < 4.78 is 5.44. The van der Waals surface area contributed by atoms with Crippen LogP contribution in [-0.4, -0.2) is 35.1 Å². The van der Waals surface area contributed by atoms with Crippen molar-refractivity contribution in [3.8, 4) is 17.0 Å². The van der Waals surface area contributed by atoms with Crippen LogP contribution in [0.15, 0.2) is 112 Å². The third-order valence-electron chi connectivity index (χ3n) is 6.53. The van der Waals surface area contributed by atoms with Gasteiger partial charge in [0, 0.05) is 27.1 Å². The molecule has 8 nitrogen and oxygen atoms in total. The Hall–Kier alpha value is -4.71. The van der Waals surface area contributed by atoms with Gasteiger partial charge in [0.1, 0.15) is 11.4 Å². The molecule has 2 heterocycles. The molecule has 1 unspecified atom stereocenters. The normalized spacial score (nSPS) is 11.8. The van der Waals surface area contributed by atoms with Gasteiger partial charge in [-0.3, -0.25) is 14.4 Å². The van der Waals surface area contributed by atoms with E-state index in [1.807, 2.05) is 77.7 Å². The fourth-order valence-corrected chi connectivity index (χ4v) is 6.64. The Bertz CT molecular complexity index is 1800. The molecule has 11 heteroatoms. The summed E-state index contributed by atoms with van der Waals surface area (Å²) in [6, 6.07) is 25.5. The molecule has 1 atom stereocenters. The second kappa shape index (κ2) is 15.3. The summed E-state index contributed by atoms with van der Waals surface area (Å²) in [5.74, 6) is -0.305.